The standard InChI is InChI=1S/C17H12F2N4O3S/c1-25-12-4-7(3-11(24)16(12)26-2)14-15(22-23-21-14)17-20-10-5-8(18)9(19)6-13(10)27-17/h3-6,24H,1-2H3,(H,21,22,23). The lowest BCUT2D eigenvalue weighted by molar-refractivity contribution is 0.333. The number of halogens is 2. The highest BCUT2D eigenvalue weighted by Gasteiger charge is 2.21. The number of aromatic hydroxyl groups is 1. The van der Waals surface area contributed by atoms with Crippen LogP contribution in [0.3, 0.4) is 0 Å². The molecule has 0 unspecified atom stereocenters. The molecular weight excluding hydrogens is 378 g/mol. The number of phenols is 1. The van der Waals surface area contributed by atoms with E-state index in [2.05, 4.69) is 20.4 Å². The van der Waals surface area contributed by atoms with Crippen LogP contribution >= 0.6 is 11.3 Å². The highest BCUT2D eigenvalue weighted by Crippen LogP contribution is 2.42. The maximum Gasteiger partial charge on any atom is 0.203 e. The van der Waals surface area contributed by atoms with Crippen molar-refractivity contribution in [2.75, 3.05) is 14.2 Å². The quantitative estimate of drug-likeness (QED) is 0.551. The summed E-state index contributed by atoms with van der Waals surface area (Å²) < 4.78 is 37.7. The third-order valence-electron chi connectivity index (χ3n) is 3.91. The molecule has 10 heteroatoms. The van der Waals surface area contributed by atoms with Crippen molar-refractivity contribution < 1.29 is 23.4 Å². The summed E-state index contributed by atoms with van der Waals surface area (Å²) in [5.41, 5.74) is 1.60. The van der Waals surface area contributed by atoms with Crippen LogP contribution in [0.4, 0.5) is 8.78 Å². The van der Waals surface area contributed by atoms with E-state index in [1.165, 1.54) is 20.3 Å². The maximum atomic E-state index is 13.5. The van der Waals surface area contributed by atoms with Gasteiger partial charge in [-0.25, -0.2) is 13.8 Å². The summed E-state index contributed by atoms with van der Waals surface area (Å²) in [6.07, 6.45) is 0. The van der Waals surface area contributed by atoms with Crippen LogP contribution in [-0.4, -0.2) is 39.7 Å². The minimum absolute atomic E-state index is 0.130. The molecule has 138 valence electrons. The fourth-order valence-corrected chi connectivity index (χ4v) is 3.65. The van der Waals surface area contributed by atoms with E-state index in [0.29, 0.717) is 37.9 Å². The summed E-state index contributed by atoms with van der Waals surface area (Å²) in [7, 11) is 2.86. The number of phenolic OH excluding ortho intramolecular Hbond substituents is 1. The second-order valence-corrected chi connectivity index (χ2v) is 6.54. The van der Waals surface area contributed by atoms with Gasteiger partial charge in [0.25, 0.3) is 0 Å². The number of thiazole rings is 1. The van der Waals surface area contributed by atoms with Crippen molar-refractivity contribution in [3.05, 3.63) is 35.9 Å². The molecule has 0 spiro atoms. The number of hydrogen-bond donors (Lipinski definition) is 2. The molecule has 0 aliphatic heterocycles. The fraction of sp³-hybridized carbons (Fsp3) is 0.118. The van der Waals surface area contributed by atoms with Gasteiger partial charge in [-0.05, 0) is 18.2 Å². The predicted octanol–water partition coefficient (Wildman–Crippen LogP) is 3.75. The average molecular weight is 390 g/mol. The third-order valence-corrected chi connectivity index (χ3v) is 4.94. The largest absolute Gasteiger partial charge is 0.504 e. The Kier molecular flexibility index (Phi) is 4.11. The average Bonchev–Trinajstić information content (AvgIpc) is 3.28. The summed E-state index contributed by atoms with van der Waals surface area (Å²) in [6.45, 7) is 0. The molecule has 4 rings (SSSR count). The van der Waals surface area contributed by atoms with Crippen molar-refractivity contribution in [1.82, 2.24) is 20.4 Å². The zero-order valence-corrected chi connectivity index (χ0v) is 14.9. The highest BCUT2D eigenvalue weighted by molar-refractivity contribution is 7.21. The third kappa shape index (κ3) is 2.83. The second-order valence-electron chi connectivity index (χ2n) is 5.50. The Balaban J connectivity index is 1.86. The van der Waals surface area contributed by atoms with Crippen LogP contribution in [-0.2, 0) is 0 Å². The number of benzene rings is 2. The van der Waals surface area contributed by atoms with Crippen molar-refractivity contribution in [1.29, 1.82) is 0 Å². The maximum absolute atomic E-state index is 13.5. The van der Waals surface area contributed by atoms with E-state index < -0.39 is 11.6 Å². The Morgan fingerprint density at radius 1 is 1.00 bits per heavy atom. The predicted molar refractivity (Wildman–Crippen MR) is 95.1 cm³/mol. The minimum Gasteiger partial charge on any atom is -0.504 e. The van der Waals surface area contributed by atoms with Gasteiger partial charge in [0, 0.05) is 11.6 Å². The molecule has 0 atom stereocenters. The van der Waals surface area contributed by atoms with Crippen LogP contribution in [0.25, 0.3) is 32.2 Å². The summed E-state index contributed by atoms with van der Waals surface area (Å²) in [5.74, 6) is -1.53. The van der Waals surface area contributed by atoms with Crippen LogP contribution in [0.2, 0.25) is 0 Å². The van der Waals surface area contributed by atoms with Crippen molar-refractivity contribution >= 4 is 21.6 Å². The lowest BCUT2D eigenvalue weighted by Crippen LogP contribution is -1.92. The molecule has 0 saturated heterocycles. The lowest BCUT2D eigenvalue weighted by Gasteiger charge is -2.11. The van der Waals surface area contributed by atoms with Gasteiger partial charge in [-0.2, -0.15) is 15.4 Å². The number of hydrogen-bond acceptors (Lipinski definition) is 7. The molecule has 7 nitrogen and oxygen atoms in total. The number of fused-ring (bicyclic) bond motifs is 1. The molecule has 0 radical (unpaired) electrons. The van der Waals surface area contributed by atoms with E-state index in [9.17, 15) is 13.9 Å². The number of ether oxygens (including phenoxy) is 2. The van der Waals surface area contributed by atoms with Crippen molar-refractivity contribution in [3.8, 4) is 39.2 Å². The number of aromatic amines is 1. The molecule has 2 aromatic carbocycles. The van der Waals surface area contributed by atoms with Gasteiger partial charge in [0.15, 0.2) is 23.1 Å². The van der Waals surface area contributed by atoms with Crippen molar-refractivity contribution in [2.24, 2.45) is 0 Å². The Morgan fingerprint density at radius 2 is 1.74 bits per heavy atom. The van der Waals surface area contributed by atoms with Gasteiger partial charge in [-0.15, -0.1) is 11.3 Å². The minimum atomic E-state index is -0.968. The van der Waals surface area contributed by atoms with Gasteiger partial charge in [0.2, 0.25) is 5.75 Å². The molecule has 0 aliphatic rings. The van der Waals surface area contributed by atoms with Crippen LogP contribution < -0.4 is 9.47 Å². The van der Waals surface area contributed by atoms with E-state index >= 15 is 0 Å². The van der Waals surface area contributed by atoms with Gasteiger partial charge in [0.05, 0.1) is 24.4 Å². The number of H-pyrrole nitrogens is 1. The molecule has 0 fully saturated rings. The Labute approximate surface area is 155 Å². The molecule has 0 aliphatic carbocycles. The molecular formula is C17H12F2N4O3S. The monoisotopic (exact) mass is 390 g/mol. The summed E-state index contributed by atoms with van der Waals surface area (Å²) in [4.78, 5) is 4.31. The molecule has 0 bridgehead atoms. The number of nitrogens with zero attached hydrogens (tertiary/aromatic N) is 3. The first-order valence-electron chi connectivity index (χ1n) is 7.64. The summed E-state index contributed by atoms with van der Waals surface area (Å²) >= 11 is 1.15. The molecule has 27 heavy (non-hydrogen) atoms. The molecule has 2 N–H and O–H groups in total. The van der Waals surface area contributed by atoms with Crippen LogP contribution in [0.5, 0.6) is 17.2 Å². The molecule has 4 aromatic rings. The number of methoxy groups -OCH3 is 2. The summed E-state index contributed by atoms with van der Waals surface area (Å²) in [6, 6.07) is 5.21. The SMILES string of the molecule is COc1cc(-c2n[nH]nc2-c2nc3cc(F)c(F)cc3s2)cc(O)c1OC. The fourth-order valence-electron chi connectivity index (χ4n) is 2.69. The zero-order valence-electron chi connectivity index (χ0n) is 14.1. The first kappa shape index (κ1) is 17.2. The first-order valence-corrected chi connectivity index (χ1v) is 8.45. The van der Waals surface area contributed by atoms with Crippen LogP contribution in [0.15, 0.2) is 24.3 Å². The van der Waals surface area contributed by atoms with Crippen LogP contribution in [0.1, 0.15) is 0 Å². The van der Waals surface area contributed by atoms with Gasteiger partial charge in [-0.3, -0.25) is 0 Å². The molecule has 0 saturated carbocycles. The van der Waals surface area contributed by atoms with E-state index in [1.807, 2.05) is 0 Å². The smallest absolute Gasteiger partial charge is 0.203 e. The Morgan fingerprint density at radius 3 is 2.48 bits per heavy atom. The van der Waals surface area contributed by atoms with Gasteiger partial charge < -0.3 is 14.6 Å². The van der Waals surface area contributed by atoms with E-state index in [1.54, 1.807) is 6.07 Å². The van der Waals surface area contributed by atoms with Crippen LogP contribution in [0, 0.1) is 11.6 Å². The van der Waals surface area contributed by atoms with Gasteiger partial charge in [-0.1, -0.05) is 0 Å². The van der Waals surface area contributed by atoms with Gasteiger partial charge in [0.1, 0.15) is 16.4 Å². The topological polar surface area (TPSA) is 93.2 Å². The Bertz CT molecular complexity index is 1120. The highest BCUT2D eigenvalue weighted by atomic mass is 32.1. The molecule has 0 amide bonds. The molecule has 2 aromatic heterocycles. The van der Waals surface area contributed by atoms with E-state index in [-0.39, 0.29) is 11.5 Å². The number of aromatic nitrogens is 4. The zero-order chi connectivity index (χ0) is 19.1. The lowest BCUT2D eigenvalue weighted by atomic mass is 10.1. The number of rotatable bonds is 4. The van der Waals surface area contributed by atoms with E-state index in [4.69, 9.17) is 9.47 Å². The Hall–Kier alpha value is -3.27. The van der Waals surface area contributed by atoms with Crippen molar-refractivity contribution in [3.63, 3.8) is 0 Å². The second kappa shape index (κ2) is 6.47. The normalized spacial score (nSPS) is 11.1. The summed E-state index contributed by atoms with van der Waals surface area (Å²) in [5, 5.41) is 21.3. The van der Waals surface area contributed by atoms with Crippen molar-refractivity contribution in [2.45, 2.75) is 0 Å². The van der Waals surface area contributed by atoms with Gasteiger partial charge >= 0.3 is 0 Å². The van der Waals surface area contributed by atoms with E-state index in [0.717, 1.165) is 23.5 Å². The first-order chi connectivity index (χ1) is 13.0. The molecule has 2 heterocycles. The number of nitrogens with one attached hydrogen (secondary N) is 1.